The summed E-state index contributed by atoms with van der Waals surface area (Å²) in [5.74, 6) is -0.312. The Morgan fingerprint density at radius 2 is 2.04 bits per heavy atom. The van der Waals surface area contributed by atoms with Crippen LogP contribution in [-0.2, 0) is 0 Å². The number of pyridine rings is 2. The zero-order valence-corrected chi connectivity index (χ0v) is 15.3. The minimum atomic E-state index is -0.892. The normalized spacial score (nSPS) is 12.1. The van der Waals surface area contributed by atoms with Crippen LogP contribution in [0.1, 0.15) is 33.3 Å². The number of benzene rings is 1. The molecule has 4 aromatic rings. The molecule has 0 saturated heterocycles. The van der Waals surface area contributed by atoms with Crippen LogP contribution in [0.2, 0.25) is 0 Å². The van der Waals surface area contributed by atoms with E-state index < -0.39 is 6.10 Å². The van der Waals surface area contributed by atoms with Gasteiger partial charge in [-0.15, -0.1) is 11.3 Å². The van der Waals surface area contributed by atoms with Crippen molar-refractivity contribution in [2.75, 3.05) is 5.32 Å². The van der Waals surface area contributed by atoms with E-state index in [0.29, 0.717) is 27.3 Å². The first-order chi connectivity index (χ1) is 13.1. The molecule has 0 fully saturated rings. The molecule has 6 nitrogen and oxygen atoms in total. The average Bonchev–Trinajstić information content (AvgIpc) is 3.11. The number of hydrogen-bond acceptors (Lipinski definition) is 6. The number of nitrogens with zero attached hydrogens (tertiary/aromatic N) is 3. The van der Waals surface area contributed by atoms with Crippen LogP contribution in [0.25, 0.3) is 10.9 Å². The third-order valence-electron chi connectivity index (χ3n) is 4.13. The maximum Gasteiger partial charge on any atom is 0.259 e. The summed E-state index contributed by atoms with van der Waals surface area (Å²) in [5, 5.41) is 16.7. The monoisotopic (exact) mass is 376 g/mol. The number of aryl methyl sites for hydroxylation is 1. The molecule has 3 aromatic heterocycles. The molecule has 0 spiro atoms. The first kappa shape index (κ1) is 17.3. The summed E-state index contributed by atoms with van der Waals surface area (Å²) >= 11 is 1.36. The number of fused-ring (bicyclic) bond motifs is 1. The van der Waals surface area contributed by atoms with E-state index in [4.69, 9.17) is 0 Å². The molecule has 0 aliphatic rings. The minimum absolute atomic E-state index is 0.312. The fourth-order valence-electron chi connectivity index (χ4n) is 2.85. The van der Waals surface area contributed by atoms with Gasteiger partial charge in [0.15, 0.2) is 5.13 Å². The lowest BCUT2D eigenvalue weighted by molar-refractivity contribution is 0.102. The molecule has 4 rings (SSSR count). The number of nitrogens with one attached hydrogen (secondary N) is 1. The number of carbonyl (C=O) groups is 1. The second-order valence-corrected chi connectivity index (χ2v) is 6.94. The number of carbonyl (C=O) groups excluding carboxylic acids is 1. The molecule has 1 amide bonds. The van der Waals surface area contributed by atoms with E-state index >= 15 is 0 Å². The van der Waals surface area contributed by atoms with Crippen LogP contribution in [-0.4, -0.2) is 26.0 Å². The van der Waals surface area contributed by atoms with Crippen molar-refractivity contribution in [3.05, 3.63) is 82.8 Å². The van der Waals surface area contributed by atoms with Crippen molar-refractivity contribution in [3.8, 4) is 0 Å². The number of anilines is 1. The zero-order chi connectivity index (χ0) is 18.8. The van der Waals surface area contributed by atoms with Crippen LogP contribution in [0, 0.1) is 6.92 Å². The second kappa shape index (κ2) is 7.22. The summed E-state index contributed by atoms with van der Waals surface area (Å²) in [6.45, 7) is 1.87. The van der Waals surface area contributed by atoms with Gasteiger partial charge in [0.1, 0.15) is 6.10 Å². The Morgan fingerprint density at radius 3 is 2.78 bits per heavy atom. The average molecular weight is 376 g/mol. The van der Waals surface area contributed by atoms with Gasteiger partial charge < -0.3 is 5.11 Å². The predicted octanol–water partition coefficient (Wildman–Crippen LogP) is 3.73. The van der Waals surface area contributed by atoms with Gasteiger partial charge in [0, 0.05) is 34.9 Å². The molecule has 1 atom stereocenters. The molecule has 2 N–H and O–H groups in total. The van der Waals surface area contributed by atoms with Gasteiger partial charge in [0.25, 0.3) is 5.91 Å². The number of aliphatic hydroxyl groups is 1. The van der Waals surface area contributed by atoms with Crippen LogP contribution in [0.15, 0.2) is 60.4 Å². The molecule has 0 saturated carbocycles. The lowest BCUT2D eigenvalue weighted by Gasteiger charge is -2.14. The number of aromatic nitrogens is 3. The highest BCUT2D eigenvalue weighted by atomic mass is 32.1. The fourth-order valence-corrected chi connectivity index (χ4v) is 3.54. The maximum atomic E-state index is 12.9. The molecule has 1 unspecified atom stereocenters. The Labute approximate surface area is 159 Å². The number of amides is 1. The molecule has 0 aliphatic carbocycles. The largest absolute Gasteiger partial charge is 0.384 e. The highest BCUT2D eigenvalue weighted by molar-refractivity contribution is 7.13. The quantitative estimate of drug-likeness (QED) is 0.567. The fraction of sp³-hybridized carbons (Fsp3) is 0.100. The Balaban J connectivity index is 1.77. The third kappa shape index (κ3) is 3.55. The molecule has 27 heavy (non-hydrogen) atoms. The van der Waals surface area contributed by atoms with Gasteiger partial charge in [-0.25, -0.2) is 4.98 Å². The van der Waals surface area contributed by atoms with Gasteiger partial charge in [-0.2, -0.15) is 0 Å². The Bertz CT molecular complexity index is 1110. The highest BCUT2D eigenvalue weighted by Gasteiger charge is 2.18. The lowest BCUT2D eigenvalue weighted by atomic mass is 9.97. The van der Waals surface area contributed by atoms with E-state index in [1.165, 1.54) is 11.3 Å². The maximum absolute atomic E-state index is 12.9. The number of hydrogen-bond donors (Lipinski definition) is 2. The van der Waals surface area contributed by atoms with Gasteiger partial charge >= 0.3 is 0 Å². The highest BCUT2D eigenvalue weighted by Crippen LogP contribution is 2.28. The van der Waals surface area contributed by atoms with Crippen molar-refractivity contribution >= 4 is 33.3 Å². The van der Waals surface area contributed by atoms with Crippen molar-refractivity contribution in [3.63, 3.8) is 0 Å². The summed E-state index contributed by atoms with van der Waals surface area (Å²) in [7, 11) is 0. The van der Waals surface area contributed by atoms with E-state index in [1.54, 1.807) is 42.9 Å². The van der Waals surface area contributed by atoms with Crippen molar-refractivity contribution in [2.45, 2.75) is 13.0 Å². The van der Waals surface area contributed by atoms with Crippen LogP contribution in [0.3, 0.4) is 0 Å². The second-order valence-electron chi connectivity index (χ2n) is 6.08. The van der Waals surface area contributed by atoms with E-state index in [1.807, 2.05) is 24.4 Å². The molecule has 1 aromatic carbocycles. The van der Waals surface area contributed by atoms with E-state index in [0.717, 1.165) is 11.1 Å². The van der Waals surface area contributed by atoms with Gasteiger partial charge in [0.2, 0.25) is 0 Å². The van der Waals surface area contributed by atoms with Gasteiger partial charge in [-0.05, 0) is 36.8 Å². The zero-order valence-electron chi connectivity index (χ0n) is 14.5. The summed E-state index contributed by atoms with van der Waals surface area (Å²) in [6.07, 6.45) is 4.01. The smallest absolute Gasteiger partial charge is 0.259 e. The summed E-state index contributed by atoms with van der Waals surface area (Å²) < 4.78 is 0. The predicted molar refractivity (Wildman–Crippen MR) is 105 cm³/mol. The molecule has 134 valence electrons. The molecular formula is C20H16N4O2S. The van der Waals surface area contributed by atoms with Crippen LogP contribution >= 0.6 is 11.3 Å². The minimum Gasteiger partial charge on any atom is -0.384 e. The van der Waals surface area contributed by atoms with E-state index in [-0.39, 0.29) is 5.91 Å². The first-order valence-corrected chi connectivity index (χ1v) is 9.20. The van der Waals surface area contributed by atoms with E-state index in [2.05, 4.69) is 20.3 Å². The first-order valence-electron chi connectivity index (χ1n) is 8.32. The van der Waals surface area contributed by atoms with Crippen molar-refractivity contribution in [1.82, 2.24) is 15.0 Å². The third-order valence-corrected chi connectivity index (χ3v) is 5.00. The standard InChI is InChI=1S/C20H16N4O2S/c1-12-11-27-20(23-12)24-19(26)16-9-15(8-13-4-3-7-22-17(13)16)18(25)14-5-2-6-21-10-14/h2-11,18,25H,1H3,(H,23,24,26). The van der Waals surface area contributed by atoms with Crippen LogP contribution < -0.4 is 5.32 Å². The molecule has 7 heteroatoms. The van der Waals surface area contributed by atoms with E-state index in [9.17, 15) is 9.90 Å². The van der Waals surface area contributed by atoms with Crippen LogP contribution in [0.4, 0.5) is 5.13 Å². The number of rotatable bonds is 4. The Morgan fingerprint density at radius 1 is 1.19 bits per heavy atom. The van der Waals surface area contributed by atoms with Gasteiger partial charge in [-0.3, -0.25) is 20.1 Å². The van der Waals surface area contributed by atoms with Crippen molar-refractivity contribution in [2.24, 2.45) is 0 Å². The Hall–Kier alpha value is -3.16. The molecule has 3 heterocycles. The molecular weight excluding hydrogens is 360 g/mol. The summed E-state index contributed by atoms with van der Waals surface area (Å²) in [4.78, 5) is 25.5. The summed E-state index contributed by atoms with van der Waals surface area (Å²) in [6, 6.07) is 10.7. The molecule has 0 radical (unpaired) electrons. The lowest BCUT2D eigenvalue weighted by Crippen LogP contribution is -2.14. The van der Waals surface area contributed by atoms with Gasteiger partial charge in [0.05, 0.1) is 16.8 Å². The van der Waals surface area contributed by atoms with Crippen molar-refractivity contribution < 1.29 is 9.90 Å². The summed E-state index contributed by atoms with van der Waals surface area (Å²) in [5.41, 5.74) is 3.06. The van der Waals surface area contributed by atoms with Crippen LogP contribution in [0.5, 0.6) is 0 Å². The van der Waals surface area contributed by atoms with Gasteiger partial charge in [-0.1, -0.05) is 12.1 Å². The molecule has 0 bridgehead atoms. The van der Waals surface area contributed by atoms with Crippen molar-refractivity contribution in [1.29, 1.82) is 0 Å². The number of thiazole rings is 1. The molecule has 0 aliphatic heterocycles. The SMILES string of the molecule is Cc1csc(NC(=O)c2cc(C(O)c3cccnc3)cc3cccnc23)n1. The topological polar surface area (TPSA) is 88.0 Å². The number of aliphatic hydroxyl groups excluding tert-OH is 1. The Kier molecular flexibility index (Phi) is 4.62.